The van der Waals surface area contributed by atoms with E-state index in [1.54, 1.807) is 12.1 Å². The quantitative estimate of drug-likeness (QED) is 0.755. The molecule has 0 aliphatic carbocycles. The molecular weight excluding hydrogens is 352 g/mol. The van der Waals surface area contributed by atoms with Crippen molar-refractivity contribution in [3.05, 3.63) is 30.3 Å². The molecule has 0 radical (unpaired) electrons. The van der Waals surface area contributed by atoms with E-state index in [-0.39, 0.29) is 17.8 Å². The first kappa shape index (κ1) is 17.6. The van der Waals surface area contributed by atoms with Gasteiger partial charge in [-0.1, -0.05) is 6.92 Å². The van der Waals surface area contributed by atoms with Crippen molar-refractivity contribution in [2.45, 2.75) is 33.0 Å². The number of nitrogens with zero attached hydrogens (tertiary/aromatic N) is 4. The number of aromatic nitrogens is 4. The van der Waals surface area contributed by atoms with E-state index in [1.165, 1.54) is 12.4 Å². The fraction of sp³-hybridized carbons (Fsp3) is 0.421. The Balaban J connectivity index is 1.73. The minimum Gasteiger partial charge on any atom is -0.488 e. The van der Waals surface area contributed by atoms with Crippen molar-refractivity contribution in [3.63, 3.8) is 0 Å². The van der Waals surface area contributed by atoms with E-state index in [9.17, 15) is 8.78 Å². The predicted molar refractivity (Wildman–Crippen MR) is 99.1 cm³/mol. The van der Waals surface area contributed by atoms with Gasteiger partial charge in [0, 0.05) is 30.0 Å². The second kappa shape index (κ2) is 6.75. The van der Waals surface area contributed by atoms with E-state index in [4.69, 9.17) is 4.74 Å². The Morgan fingerprint density at radius 3 is 2.74 bits per heavy atom. The van der Waals surface area contributed by atoms with E-state index in [0.717, 1.165) is 0 Å². The van der Waals surface area contributed by atoms with Crippen molar-refractivity contribution < 1.29 is 13.5 Å². The summed E-state index contributed by atoms with van der Waals surface area (Å²) in [5.74, 6) is 0.343. The minimum atomic E-state index is -0.867. The second-order valence-corrected chi connectivity index (χ2v) is 7.23. The van der Waals surface area contributed by atoms with Crippen LogP contribution in [0.2, 0.25) is 0 Å². The lowest BCUT2D eigenvalue weighted by Gasteiger charge is -2.16. The Kier molecular flexibility index (Phi) is 4.41. The van der Waals surface area contributed by atoms with Crippen LogP contribution in [0.3, 0.4) is 0 Å². The predicted octanol–water partition coefficient (Wildman–Crippen LogP) is 3.74. The van der Waals surface area contributed by atoms with Crippen molar-refractivity contribution in [1.29, 1.82) is 0 Å². The van der Waals surface area contributed by atoms with Crippen LogP contribution in [-0.2, 0) is 0 Å². The first-order valence-electron chi connectivity index (χ1n) is 8.98. The van der Waals surface area contributed by atoms with Crippen LogP contribution in [0.15, 0.2) is 24.5 Å². The first-order chi connectivity index (χ1) is 12.9. The molecule has 1 aliphatic heterocycles. The molecular formula is C19H21F2N5O. The number of aromatic amines is 1. The largest absolute Gasteiger partial charge is 0.488 e. The van der Waals surface area contributed by atoms with Crippen LogP contribution >= 0.6 is 0 Å². The average molecular weight is 373 g/mol. The van der Waals surface area contributed by atoms with Crippen LogP contribution < -0.4 is 9.64 Å². The van der Waals surface area contributed by atoms with Crippen LogP contribution in [0.25, 0.3) is 22.3 Å². The maximum atomic E-state index is 14.2. The molecule has 3 heterocycles. The lowest BCUT2D eigenvalue weighted by Crippen LogP contribution is -2.21. The SMILES string of the molecule is CC(C)Oc1cc2c(-c3cc(N4C[C@H](C)[C@@H](F)C4)ncn3)n[nH]c2cc1F. The summed E-state index contributed by atoms with van der Waals surface area (Å²) in [6, 6.07) is 4.77. The van der Waals surface area contributed by atoms with Crippen LogP contribution in [0.5, 0.6) is 5.75 Å². The zero-order chi connectivity index (χ0) is 19.1. The number of H-pyrrole nitrogens is 1. The molecule has 1 N–H and O–H groups in total. The summed E-state index contributed by atoms with van der Waals surface area (Å²) in [5.41, 5.74) is 1.71. The molecule has 0 bridgehead atoms. The fourth-order valence-electron chi connectivity index (χ4n) is 3.32. The number of nitrogens with one attached hydrogen (secondary N) is 1. The summed E-state index contributed by atoms with van der Waals surface area (Å²) in [7, 11) is 0. The van der Waals surface area contributed by atoms with Gasteiger partial charge in [0.25, 0.3) is 0 Å². The average Bonchev–Trinajstić information content (AvgIpc) is 3.18. The van der Waals surface area contributed by atoms with Crippen molar-refractivity contribution in [1.82, 2.24) is 20.2 Å². The minimum absolute atomic E-state index is 0.0339. The van der Waals surface area contributed by atoms with Crippen molar-refractivity contribution in [2.24, 2.45) is 5.92 Å². The number of ether oxygens (including phenoxy) is 1. The molecule has 142 valence electrons. The molecule has 2 aromatic heterocycles. The van der Waals surface area contributed by atoms with E-state index in [2.05, 4.69) is 20.2 Å². The third-order valence-corrected chi connectivity index (χ3v) is 4.72. The first-order valence-corrected chi connectivity index (χ1v) is 8.98. The molecule has 8 heteroatoms. The van der Waals surface area contributed by atoms with Crippen molar-refractivity contribution in [3.8, 4) is 17.1 Å². The monoisotopic (exact) mass is 373 g/mol. The van der Waals surface area contributed by atoms with Gasteiger partial charge in [0.05, 0.1) is 23.9 Å². The molecule has 0 unspecified atom stereocenters. The van der Waals surface area contributed by atoms with Gasteiger partial charge in [-0.25, -0.2) is 18.7 Å². The van der Waals surface area contributed by atoms with Gasteiger partial charge >= 0.3 is 0 Å². The zero-order valence-corrected chi connectivity index (χ0v) is 15.4. The molecule has 6 nitrogen and oxygen atoms in total. The summed E-state index contributed by atoms with van der Waals surface area (Å²) in [6.45, 7) is 6.49. The Hall–Kier alpha value is -2.77. The smallest absolute Gasteiger partial charge is 0.167 e. The highest BCUT2D eigenvalue weighted by Gasteiger charge is 2.30. The number of rotatable bonds is 4. The third-order valence-electron chi connectivity index (χ3n) is 4.72. The number of fused-ring (bicyclic) bond motifs is 1. The van der Waals surface area contributed by atoms with Crippen LogP contribution in [0.1, 0.15) is 20.8 Å². The number of halogens is 2. The zero-order valence-electron chi connectivity index (χ0n) is 15.4. The maximum absolute atomic E-state index is 14.2. The van der Waals surface area contributed by atoms with Crippen LogP contribution in [0.4, 0.5) is 14.6 Å². The summed E-state index contributed by atoms with van der Waals surface area (Å²) in [4.78, 5) is 10.5. The van der Waals surface area contributed by atoms with Crippen molar-refractivity contribution >= 4 is 16.7 Å². The topological polar surface area (TPSA) is 66.9 Å². The third kappa shape index (κ3) is 3.31. The summed E-state index contributed by atoms with van der Waals surface area (Å²) >= 11 is 0. The van der Waals surface area contributed by atoms with Crippen molar-refractivity contribution in [2.75, 3.05) is 18.0 Å². The van der Waals surface area contributed by atoms with Crippen LogP contribution in [-0.4, -0.2) is 45.5 Å². The molecule has 1 fully saturated rings. The number of hydrogen-bond donors (Lipinski definition) is 1. The van der Waals surface area contributed by atoms with Gasteiger partial charge < -0.3 is 9.64 Å². The van der Waals surface area contributed by atoms with Crippen LogP contribution in [0, 0.1) is 11.7 Å². The number of alkyl halides is 1. The van der Waals surface area contributed by atoms with Gasteiger partial charge in [-0.2, -0.15) is 5.10 Å². The molecule has 27 heavy (non-hydrogen) atoms. The fourth-order valence-corrected chi connectivity index (χ4v) is 3.32. The Labute approximate surface area is 155 Å². The highest BCUT2D eigenvalue weighted by atomic mass is 19.1. The molecule has 0 spiro atoms. The second-order valence-electron chi connectivity index (χ2n) is 7.23. The molecule has 1 saturated heterocycles. The van der Waals surface area contributed by atoms with Gasteiger partial charge in [-0.15, -0.1) is 0 Å². The van der Waals surface area contributed by atoms with Gasteiger partial charge in [0.1, 0.15) is 24.0 Å². The molecule has 0 saturated carbocycles. The van der Waals surface area contributed by atoms with Gasteiger partial charge in [-0.3, -0.25) is 5.10 Å². The number of benzene rings is 1. The standard InChI is InChI=1S/C19H21F2N5O/c1-10(2)27-17-4-12-15(5-13(17)20)24-25-19(12)16-6-18(23-9-22-16)26-7-11(3)14(21)8-26/h4-6,9-11,14H,7-8H2,1-3H3,(H,24,25)/t11-,14-/m0/s1. The molecule has 0 amide bonds. The normalized spacial score (nSPS) is 20.0. The van der Waals surface area contributed by atoms with Gasteiger partial charge in [-0.05, 0) is 19.9 Å². The van der Waals surface area contributed by atoms with E-state index < -0.39 is 12.0 Å². The maximum Gasteiger partial charge on any atom is 0.167 e. The van der Waals surface area contributed by atoms with Gasteiger partial charge in [0.15, 0.2) is 11.6 Å². The van der Waals surface area contributed by atoms with Gasteiger partial charge in [0.2, 0.25) is 0 Å². The number of hydrogen-bond acceptors (Lipinski definition) is 5. The molecule has 1 aromatic carbocycles. The Bertz CT molecular complexity index is 964. The summed E-state index contributed by atoms with van der Waals surface area (Å²) in [5, 5.41) is 7.83. The molecule has 1 aliphatic rings. The van der Waals surface area contributed by atoms with E-state index in [0.29, 0.717) is 41.2 Å². The highest BCUT2D eigenvalue weighted by molar-refractivity contribution is 5.93. The molecule has 4 rings (SSSR count). The summed E-state index contributed by atoms with van der Waals surface area (Å²) in [6.07, 6.45) is 0.424. The lowest BCUT2D eigenvalue weighted by atomic mass is 10.1. The molecule has 3 aromatic rings. The Morgan fingerprint density at radius 2 is 2.04 bits per heavy atom. The Morgan fingerprint density at radius 1 is 1.22 bits per heavy atom. The van der Waals surface area contributed by atoms with E-state index in [1.807, 2.05) is 25.7 Å². The number of anilines is 1. The lowest BCUT2D eigenvalue weighted by molar-refractivity contribution is 0.231. The summed E-state index contributed by atoms with van der Waals surface area (Å²) < 4.78 is 33.6. The highest BCUT2D eigenvalue weighted by Crippen LogP contribution is 2.32. The van der Waals surface area contributed by atoms with E-state index >= 15 is 0 Å². The molecule has 2 atom stereocenters.